The lowest BCUT2D eigenvalue weighted by Gasteiger charge is -2.15. The predicted octanol–water partition coefficient (Wildman–Crippen LogP) is 4.15. The molecule has 0 spiro atoms. The molecule has 0 saturated heterocycles. The largest absolute Gasteiger partial charge is 0.314 e. The fraction of sp³-hybridized carbons (Fsp3) is 0.800. The minimum absolute atomic E-state index is 0.185. The van der Waals surface area contributed by atoms with Crippen molar-refractivity contribution in [1.82, 2.24) is 10.3 Å². The predicted molar refractivity (Wildman–Crippen MR) is 81.5 cm³/mol. The number of aromatic nitrogens is 1. The average Bonchev–Trinajstić information content (AvgIpc) is 2.76. The highest BCUT2D eigenvalue weighted by molar-refractivity contribution is 7.09. The molecule has 1 aromatic heterocycles. The molecule has 18 heavy (non-hydrogen) atoms. The standard InChI is InChI=1S/C15H28N2S/c1-6-12(16-7-2)9-8-10-14-17-13(11-18-14)15(3,4)5/h11-12,16H,6-10H2,1-5H3. The summed E-state index contributed by atoms with van der Waals surface area (Å²) in [5.41, 5.74) is 1.42. The van der Waals surface area contributed by atoms with Crippen molar-refractivity contribution in [3.63, 3.8) is 0 Å². The number of thiazole rings is 1. The minimum Gasteiger partial charge on any atom is -0.314 e. The van der Waals surface area contributed by atoms with Crippen LogP contribution in [0, 0.1) is 0 Å². The first-order chi connectivity index (χ1) is 8.47. The Morgan fingerprint density at radius 2 is 2.06 bits per heavy atom. The maximum absolute atomic E-state index is 4.75. The smallest absolute Gasteiger partial charge is 0.0928 e. The lowest BCUT2D eigenvalue weighted by molar-refractivity contribution is 0.466. The molecule has 0 aromatic carbocycles. The van der Waals surface area contributed by atoms with Gasteiger partial charge >= 0.3 is 0 Å². The second-order valence-corrected chi connectivity index (χ2v) is 6.87. The van der Waals surface area contributed by atoms with Gasteiger partial charge in [-0.1, -0.05) is 34.6 Å². The fourth-order valence-corrected chi connectivity index (χ4v) is 3.08. The van der Waals surface area contributed by atoms with Crippen LogP contribution >= 0.6 is 11.3 Å². The first kappa shape index (κ1) is 15.6. The van der Waals surface area contributed by atoms with E-state index in [-0.39, 0.29) is 5.41 Å². The van der Waals surface area contributed by atoms with E-state index < -0.39 is 0 Å². The Morgan fingerprint density at radius 3 is 2.56 bits per heavy atom. The van der Waals surface area contributed by atoms with Crippen molar-refractivity contribution < 1.29 is 0 Å². The van der Waals surface area contributed by atoms with Crippen molar-refractivity contribution >= 4 is 11.3 Å². The molecule has 1 unspecified atom stereocenters. The van der Waals surface area contributed by atoms with Gasteiger partial charge in [0.2, 0.25) is 0 Å². The third kappa shape index (κ3) is 5.07. The zero-order chi connectivity index (χ0) is 13.6. The molecule has 0 aliphatic carbocycles. The van der Waals surface area contributed by atoms with Crippen LogP contribution in [0.5, 0.6) is 0 Å². The van der Waals surface area contributed by atoms with Crippen LogP contribution in [0.3, 0.4) is 0 Å². The topological polar surface area (TPSA) is 24.9 Å². The molecule has 0 aliphatic heterocycles. The Balaban J connectivity index is 2.37. The lowest BCUT2D eigenvalue weighted by Crippen LogP contribution is -2.28. The molecule has 0 radical (unpaired) electrons. The summed E-state index contributed by atoms with van der Waals surface area (Å²) in [7, 11) is 0. The first-order valence-corrected chi connectivity index (χ1v) is 8.03. The van der Waals surface area contributed by atoms with Gasteiger partial charge in [-0.15, -0.1) is 11.3 Å². The number of nitrogens with one attached hydrogen (secondary N) is 1. The van der Waals surface area contributed by atoms with E-state index in [2.05, 4.69) is 45.3 Å². The maximum atomic E-state index is 4.75. The van der Waals surface area contributed by atoms with Crippen molar-refractivity contribution in [3.05, 3.63) is 16.1 Å². The molecule has 1 aromatic rings. The summed E-state index contributed by atoms with van der Waals surface area (Å²) in [6.07, 6.45) is 4.85. The van der Waals surface area contributed by atoms with Crippen molar-refractivity contribution in [2.45, 2.75) is 71.8 Å². The number of nitrogens with zero attached hydrogens (tertiary/aromatic N) is 1. The summed E-state index contributed by atoms with van der Waals surface area (Å²) < 4.78 is 0. The van der Waals surface area contributed by atoms with Crippen molar-refractivity contribution in [2.24, 2.45) is 0 Å². The number of rotatable bonds is 7. The van der Waals surface area contributed by atoms with E-state index in [4.69, 9.17) is 4.98 Å². The minimum atomic E-state index is 0.185. The Hall–Kier alpha value is -0.410. The van der Waals surface area contributed by atoms with Crippen LogP contribution in [0.1, 0.15) is 64.6 Å². The van der Waals surface area contributed by atoms with Gasteiger partial charge in [-0.3, -0.25) is 0 Å². The Morgan fingerprint density at radius 1 is 1.33 bits per heavy atom. The molecule has 3 heteroatoms. The van der Waals surface area contributed by atoms with Crippen LogP contribution in [-0.2, 0) is 11.8 Å². The summed E-state index contributed by atoms with van der Waals surface area (Å²) in [6, 6.07) is 0.678. The van der Waals surface area contributed by atoms with Crippen LogP contribution in [0.2, 0.25) is 0 Å². The third-order valence-corrected chi connectivity index (χ3v) is 4.16. The van der Waals surface area contributed by atoms with E-state index in [1.54, 1.807) is 0 Å². The molecule has 1 rings (SSSR count). The second kappa shape index (κ2) is 7.25. The summed E-state index contributed by atoms with van der Waals surface area (Å²) >= 11 is 1.82. The van der Waals surface area contributed by atoms with Crippen LogP contribution in [0.4, 0.5) is 0 Å². The number of hydrogen-bond donors (Lipinski definition) is 1. The summed E-state index contributed by atoms with van der Waals surface area (Å²) in [5, 5.41) is 7.05. The summed E-state index contributed by atoms with van der Waals surface area (Å²) in [4.78, 5) is 4.75. The van der Waals surface area contributed by atoms with Crippen molar-refractivity contribution in [3.8, 4) is 0 Å². The quantitative estimate of drug-likeness (QED) is 0.803. The molecule has 0 saturated carbocycles. The molecule has 2 nitrogen and oxygen atoms in total. The van der Waals surface area contributed by atoms with Crippen molar-refractivity contribution in [1.29, 1.82) is 0 Å². The third-order valence-electron chi connectivity index (χ3n) is 3.25. The molecule has 0 amide bonds. The summed E-state index contributed by atoms with van der Waals surface area (Å²) in [6.45, 7) is 12.2. The van der Waals surface area contributed by atoms with Gasteiger partial charge in [0.25, 0.3) is 0 Å². The van der Waals surface area contributed by atoms with Gasteiger partial charge in [0, 0.05) is 16.8 Å². The molecule has 0 fully saturated rings. The van der Waals surface area contributed by atoms with Gasteiger partial charge < -0.3 is 5.32 Å². The summed E-state index contributed by atoms with van der Waals surface area (Å²) in [5.74, 6) is 0. The van der Waals surface area contributed by atoms with Gasteiger partial charge in [-0.05, 0) is 32.2 Å². The van der Waals surface area contributed by atoms with Crippen LogP contribution in [-0.4, -0.2) is 17.6 Å². The molecular weight excluding hydrogens is 240 g/mol. The molecule has 0 aliphatic rings. The van der Waals surface area contributed by atoms with E-state index in [0.717, 1.165) is 13.0 Å². The first-order valence-electron chi connectivity index (χ1n) is 7.15. The van der Waals surface area contributed by atoms with Gasteiger partial charge in [0.15, 0.2) is 0 Å². The zero-order valence-electron chi connectivity index (χ0n) is 12.5. The number of hydrogen-bond acceptors (Lipinski definition) is 3. The Kier molecular flexibility index (Phi) is 6.30. The maximum Gasteiger partial charge on any atom is 0.0928 e. The van der Waals surface area contributed by atoms with Gasteiger partial charge in [-0.2, -0.15) is 0 Å². The highest BCUT2D eigenvalue weighted by Gasteiger charge is 2.17. The van der Waals surface area contributed by atoms with E-state index >= 15 is 0 Å². The molecule has 1 heterocycles. The van der Waals surface area contributed by atoms with E-state index in [0.29, 0.717) is 6.04 Å². The SMILES string of the molecule is CCNC(CC)CCCc1nc(C(C)(C)C)cs1. The zero-order valence-corrected chi connectivity index (χ0v) is 13.4. The highest BCUT2D eigenvalue weighted by atomic mass is 32.1. The normalized spacial score (nSPS) is 13.8. The van der Waals surface area contributed by atoms with Gasteiger partial charge in [0.05, 0.1) is 10.7 Å². The van der Waals surface area contributed by atoms with Crippen LogP contribution < -0.4 is 5.32 Å². The van der Waals surface area contributed by atoms with Crippen molar-refractivity contribution in [2.75, 3.05) is 6.54 Å². The Labute approximate surface area is 116 Å². The lowest BCUT2D eigenvalue weighted by atomic mass is 9.93. The molecule has 104 valence electrons. The second-order valence-electron chi connectivity index (χ2n) is 5.93. The highest BCUT2D eigenvalue weighted by Crippen LogP contribution is 2.24. The number of aryl methyl sites for hydroxylation is 1. The van der Waals surface area contributed by atoms with Crippen LogP contribution in [0.15, 0.2) is 5.38 Å². The van der Waals surface area contributed by atoms with Crippen LogP contribution in [0.25, 0.3) is 0 Å². The van der Waals surface area contributed by atoms with E-state index in [1.165, 1.54) is 30.0 Å². The fourth-order valence-electron chi connectivity index (χ4n) is 2.01. The molecule has 1 atom stereocenters. The monoisotopic (exact) mass is 268 g/mol. The van der Waals surface area contributed by atoms with E-state index in [9.17, 15) is 0 Å². The molecule has 0 bridgehead atoms. The molecule has 1 N–H and O–H groups in total. The van der Waals surface area contributed by atoms with Gasteiger partial charge in [-0.25, -0.2) is 4.98 Å². The average molecular weight is 268 g/mol. The Bertz CT molecular complexity index is 339. The van der Waals surface area contributed by atoms with Gasteiger partial charge in [0.1, 0.15) is 0 Å². The molecular formula is C15H28N2S. The van der Waals surface area contributed by atoms with E-state index in [1.807, 2.05) is 11.3 Å².